The largest absolute Gasteiger partial charge is 0.395 e. The summed E-state index contributed by atoms with van der Waals surface area (Å²) in [7, 11) is -3.54. The lowest BCUT2D eigenvalue weighted by Crippen LogP contribution is -2.54. The second-order valence-corrected chi connectivity index (χ2v) is 7.79. The number of nitrogens with zero attached hydrogens (tertiary/aromatic N) is 2. The number of rotatable bonds is 5. The highest BCUT2D eigenvalue weighted by molar-refractivity contribution is 7.88. The van der Waals surface area contributed by atoms with E-state index in [0.717, 1.165) is 5.56 Å². The molecule has 22 heavy (non-hydrogen) atoms. The number of hydrogen-bond acceptors (Lipinski definition) is 4. The van der Waals surface area contributed by atoms with E-state index in [4.69, 9.17) is 5.11 Å². The Bertz CT molecular complexity index is 621. The molecule has 1 aromatic carbocycles. The van der Waals surface area contributed by atoms with Crippen molar-refractivity contribution < 1.29 is 17.9 Å². The molecule has 1 N–H and O–H groups in total. The monoisotopic (exact) mass is 330 g/mol. The summed E-state index contributed by atoms with van der Waals surface area (Å²) in [6.45, 7) is 5.63. The van der Waals surface area contributed by atoms with Crippen LogP contribution in [0.3, 0.4) is 0 Å². The van der Waals surface area contributed by atoms with Crippen LogP contribution >= 0.6 is 0 Å². The molecule has 2 rings (SSSR count). The summed E-state index contributed by atoms with van der Waals surface area (Å²) in [6.07, 6.45) is 0. The van der Waals surface area contributed by atoms with E-state index in [9.17, 15) is 12.8 Å². The van der Waals surface area contributed by atoms with Crippen molar-refractivity contribution in [2.75, 3.05) is 32.8 Å². The lowest BCUT2D eigenvalue weighted by atomic mass is 10.2. The van der Waals surface area contributed by atoms with Crippen LogP contribution in [0.5, 0.6) is 0 Å². The van der Waals surface area contributed by atoms with E-state index in [1.807, 2.05) is 6.92 Å². The molecule has 0 amide bonds. The van der Waals surface area contributed by atoms with Crippen LogP contribution in [0.4, 0.5) is 4.39 Å². The predicted molar refractivity (Wildman–Crippen MR) is 83.5 cm³/mol. The van der Waals surface area contributed by atoms with Gasteiger partial charge in [-0.2, -0.15) is 4.31 Å². The molecule has 1 saturated heterocycles. The van der Waals surface area contributed by atoms with Crippen LogP contribution in [-0.4, -0.2) is 61.6 Å². The number of β-amino-alcohol motifs (C(OH)–C–C–N with tert-alkyl or cyclic N) is 1. The normalized spacial score (nSPS) is 21.2. The zero-order valence-electron chi connectivity index (χ0n) is 13.0. The summed E-state index contributed by atoms with van der Waals surface area (Å²) < 4.78 is 40.3. The first-order valence-corrected chi connectivity index (χ1v) is 9.02. The Morgan fingerprint density at radius 2 is 2.09 bits per heavy atom. The van der Waals surface area contributed by atoms with Gasteiger partial charge in [0.2, 0.25) is 10.0 Å². The molecule has 0 aliphatic carbocycles. The minimum absolute atomic E-state index is 0.0403. The highest BCUT2D eigenvalue weighted by atomic mass is 32.2. The zero-order chi connectivity index (χ0) is 16.3. The van der Waals surface area contributed by atoms with E-state index in [0.29, 0.717) is 26.2 Å². The van der Waals surface area contributed by atoms with Gasteiger partial charge in [0.1, 0.15) is 5.82 Å². The number of sulfonamides is 1. The van der Waals surface area contributed by atoms with Crippen LogP contribution in [-0.2, 0) is 15.8 Å². The Balaban J connectivity index is 2.08. The molecule has 1 fully saturated rings. The molecule has 124 valence electrons. The van der Waals surface area contributed by atoms with E-state index in [-0.39, 0.29) is 24.0 Å². The van der Waals surface area contributed by atoms with Gasteiger partial charge < -0.3 is 5.11 Å². The van der Waals surface area contributed by atoms with Gasteiger partial charge >= 0.3 is 0 Å². The van der Waals surface area contributed by atoms with Gasteiger partial charge in [-0.25, -0.2) is 12.8 Å². The highest BCUT2D eigenvalue weighted by Crippen LogP contribution is 2.19. The summed E-state index contributed by atoms with van der Waals surface area (Å²) in [5, 5.41) is 8.99. The summed E-state index contributed by atoms with van der Waals surface area (Å²) >= 11 is 0. The molecule has 7 heteroatoms. The van der Waals surface area contributed by atoms with E-state index in [1.54, 1.807) is 13.0 Å². The molecule has 0 radical (unpaired) electrons. The molecule has 1 heterocycles. The third-order valence-electron chi connectivity index (χ3n) is 4.05. The van der Waals surface area contributed by atoms with Crippen molar-refractivity contribution in [3.63, 3.8) is 0 Å². The van der Waals surface area contributed by atoms with Crippen molar-refractivity contribution in [1.29, 1.82) is 0 Å². The van der Waals surface area contributed by atoms with Crippen LogP contribution in [0.2, 0.25) is 0 Å². The maximum atomic E-state index is 13.9. The maximum Gasteiger partial charge on any atom is 0.218 e. The molecule has 0 aromatic heterocycles. The SMILES string of the molecule is Cc1ccc(CS(=O)(=O)N2CCN(CCO)[C@@H](C)C2)c(F)c1. The molecular formula is C15H23FN2O3S. The van der Waals surface area contributed by atoms with Crippen molar-refractivity contribution in [1.82, 2.24) is 9.21 Å². The van der Waals surface area contributed by atoms with Crippen molar-refractivity contribution in [2.45, 2.75) is 25.6 Å². The predicted octanol–water partition coefficient (Wildman–Crippen LogP) is 0.962. The summed E-state index contributed by atoms with van der Waals surface area (Å²) in [4.78, 5) is 2.05. The van der Waals surface area contributed by atoms with Crippen molar-refractivity contribution in [3.05, 3.63) is 35.1 Å². The van der Waals surface area contributed by atoms with Gasteiger partial charge in [0.15, 0.2) is 0 Å². The van der Waals surface area contributed by atoms with E-state index in [1.165, 1.54) is 16.4 Å². The number of halogens is 1. The van der Waals surface area contributed by atoms with Gasteiger partial charge in [0, 0.05) is 37.8 Å². The van der Waals surface area contributed by atoms with Crippen molar-refractivity contribution in [2.24, 2.45) is 0 Å². The van der Waals surface area contributed by atoms with Gasteiger partial charge in [0.25, 0.3) is 0 Å². The number of benzene rings is 1. The average molecular weight is 330 g/mol. The molecule has 1 aromatic rings. The first-order valence-electron chi connectivity index (χ1n) is 7.41. The van der Waals surface area contributed by atoms with Gasteiger partial charge in [-0.15, -0.1) is 0 Å². The Hall–Kier alpha value is -1.02. The molecule has 0 saturated carbocycles. The van der Waals surface area contributed by atoms with Gasteiger partial charge in [0.05, 0.1) is 12.4 Å². The minimum atomic E-state index is -3.54. The highest BCUT2D eigenvalue weighted by Gasteiger charge is 2.31. The number of aryl methyl sites for hydroxylation is 1. The second-order valence-electron chi connectivity index (χ2n) is 5.82. The van der Waals surface area contributed by atoms with Gasteiger partial charge in [-0.05, 0) is 25.5 Å². The Morgan fingerprint density at radius 1 is 1.36 bits per heavy atom. The van der Waals surface area contributed by atoms with E-state index >= 15 is 0 Å². The number of hydrogen-bond donors (Lipinski definition) is 1. The molecule has 1 aliphatic rings. The third-order valence-corrected chi connectivity index (χ3v) is 5.85. The molecule has 5 nitrogen and oxygen atoms in total. The fourth-order valence-corrected chi connectivity index (χ4v) is 4.34. The summed E-state index contributed by atoms with van der Waals surface area (Å²) in [6, 6.07) is 4.65. The number of aliphatic hydroxyl groups excluding tert-OH is 1. The van der Waals surface area contributed by atoms with Crippen LogP contribution in [0.15, 0.2) is 18.2 Å². The molecule has 1 aliphatic heterocycles. The standard InChI is InChI=1S/C15H23FN2O3S/c1-12-3-4-14(15(16)9-12)11-22(20,21)18-6-5-17(7-8-19)13(2)10-18/h3-4,9,13,19H,5-8,10-11H2,1-2H3/t13-/m0/s1. The smallest absolute Gasteiger partial charge is 0.218 e. The topological polar surface area (TPSA) is 60.9 Å². The lowest BCUT2D eigenvalue weighted by Gasteiger charge is -2.38. The Morgan fingerprint density at radius 3 is 2.68 bits per heavy atom. The van der Waals surface area contributed by atoms with Gasteiger partial charge in [-0.1, -0.05) is 12.1 Å². The first kappa shape index (κ1) is 17.3. The summed E-state index contributed by atoms with van der Waals surface area (Å²) in [5.41, 5.74) is 0.973. The first-order chi connectivity index (χ1) is 10.3. The Labute approximate surface area is 131 Å². The maximum absolute atomic E-state index is 13.9. The van der Waals surface area contributed by atoms with Crippen LogP contribution in [0, 0.1) is 12.7 Å². The summed E-state index contributed by atoms with van der Waals surface area (Å²) in [5.74, 6) is -0.790. The molecule has 0 bridgehead atoms. The fraction of sp³-hybridized carbons (Fsp3) is 0.600. The number of aliphatic hydroxyl groups is 1. The Kier molecular flexibility index (Phi) is 5.55. The lowest BCUT2D eigenvalue weighted by molar-refractivity contribution is 0.104. The number of piperazine rings is 1. The minimum Gasteiger partial charge on any atom is -0.395 e. The quantitative estimate of drug-likeness (QED) is 0.874. The van der Waals surface area contributed by atoms with Crippen LogP contribution in [0.1, 0.15) is 18.1 Å². The van der Waals surface area contributed by atoms with Crippen molar-refractivity contribution >= 4 is 10.0 Å². The molecule has 0 unspecified atom stereocenters. The average Bonchev–Trinajstić information content (AvgIpc) is 2.44. The van der Waals surface area contributed by atoms with Gasteiger partial charge in [-0.3, -0.25) is 4.90 Å². The van der Waals surface area contributed by atoms with Crippen LogP contribution in [0.25, 0.3) is 0 Å². The molecule has 1 atom stereocenters. The zero-order valence-corrected chi connectivity index (χ0v) is 13.8. The molecular weight excluding hydrogens is 307 g/mol. The third kappa shape index (κ3) is 4.04. The van der Waals surface area contributed by atoms with Crippen molar-refractivity contribution in [3.8, 4) is 0 Å². The van der Waals surface area contributed by atoms with Crippen LogP contribution < -0.4 is 0 Å². The second kappa shape index (κ2) is 7.04. The molecule has 0 spiro atoms. The van der Waals surface area contributed by atoms with E-state index < -0.39 is 15.8 Å². The van der Waals surface area contributed by atoms with E-state index in [2.05, 4.69) is 4.90 Å². The fourth-order valence-electron chi connectivity index (χ4n) is 2.73.